The molecule has 0 saturated carbocycles. The molecule has 0 spiro atoms. The first kappa shape index (κ1) is 22.3. The highest BCUT2D eigenvalue weighted by Crippen LogP contribution is 2.37. The number of hydrogen-bond acceptors (Lipinski definition) is 2. The van der Waals surface area contributed by atoms with Crippen molar-refractivity contribution in [3.63, 3.8) is 0 Å². The van der Waals surface area contributed by atoms with E-state index in [1.807, 2.05) is 13.0 Å². The maximum atomic E-state index is 13.1. The molecule has 0 saturated heterocycles. The number of hydrogen-bond donors (Lipinski definition) is 0. The molecule has 1 aromatic rings. The zero-order chi connectivity index (χ0) is 19.4. The lowest BCUT2D eigenvalue weighted by molar-refractivity contribution is -0.130. The van der Waals surface area contributed by atoms with Crippen molar-refractivity contribution in [1.82, 2.24) is 0 Å². The minimum absolute atomic E-state index is 0.292. The van der Waals surface area contributed by atoms with Gasteiger partial charge in [0.05, 0.1) is 0 Å². The van der Waals surface area contributed by atoms with Gasteiger partial charge in [-0.05, 0) is 51.0 Å². The summed E-state index contributed by atoms with van der Waals surface area (Å²) in [5, 5.41) is 0. The van der Waals surface area contributed by atoms with E-state index in [9.17, 15) is 9.59 Å². The van der Waals surface area contributed by atoms with Crippen LogP contribution < -0.4 is 0 Å². The number of benzene rings is 1. The highest BCUT2D eigenvalue weighted by molar-refractivity contribution is 5.85. The number of aryl methyl sites for hydroxylation is 2. The molecular weight excluding hydrogens is 320 g/mol. The second kappa shape index (κ2) is 11.8. The van der Waals surface area contributed by atoms with Crippen molar-refractivity contribution in [3.8, 4) is 0 Å². The van der Waals surface area contributed by atoms with Gasteiger partial charge in [0.15, 0.2) is 0 Å². The van der Waals surface area contributed by atoms with Gasteiger partial charge in [-0.2, -0.15) is 0 Å². The van der Waals surface area contributed by atoms with Crippen LogP contribution in [0.15, 0.2) is 36.9 Å². The van der Waals surface area contributed by atoms with Gasteiger partial charge in [-0.15, -0.1) is 6.58 Å². The zero-order valence-corrected chi connectivity index (χ0v) is 17.0. The van der Waals surface area contributed by atoms with Crippen molar-refractivity contribution in [2.24, 2.45) is 5.41 Å². The van der Waals surface area contributed by atoms with Gasteiger partial charge in [0, 0.05) is 24.7 Å². The van der Waals surface area contributed by atoms with Gasteiger partial charge in [-0.1, -0.05) is 56.2 Å². The molecule has 0 aliphatic heterocycles. The fourth-order valence-corrected chi connectivity index (χ4v) is 3.86. The van der Waals surface area contributed by atoms with Gasteiger partial charge in [-0.25, -0.2) is 0 Å². The van der Waals surface area contributed by atoms with Crippen LogP contribution in [0.3, 0.4) is 0 Å². The second-order valence-electron chi connectivity index (χ2n) is 7.53. The van der Waals surface area contributed by atoms with E-state index in [0.717, 1.165) is 44.9 Å². The number of ketones is 2. The van der Waals surface area contributed by atoms with Gasteiger partial charge in [0.2, 0.25) is 0 Å². The van der Waals surface area contributed by atoms with Crippen molar-refractivity contribution >= 4 is 11.6 Å². The fraction of sp³-hybridized carbons (Fsp3) is 0.583. The summed E-state index contributed by atoms with van der Waals surface area (Å²) in [6.45, 7) is 10.0. The summed E-state index contributed by atoms with van der Waals surface area (Å²) in [6, 6.07) is 8.51. The first-order chi connectivity index (χ1) is 12.5. The average molecular weight is 357 g/mol. The Morgan fingerprint density at radius 2 is 1.88 bits per heavy atom. The van der Waals surface area contributed by atoms with E-state index >= 15 is 0 Å². The van der Waals surface area contributed by atoms with Crippen LogP contribution in [-0.4, -0.2) is 11.6 Å². The SMILES string of the molecule is C=CCC(CCC)(CCCC(=O)CC)C(=O)CCCc1cccc(C)c1. The highest BCUT2D eigenvalue weighted by atomic mass is 16.1. The summed E-state index contributed by atoms with van der Waals surface area (Å²) in [6.07, 6.45) is 9.73. The maximum absolute atomic E-state index is 13.1. The first-order valence-corrected chi connectivity index (χ1v) is 10.2. The van der Waals surface area contributed by atoms with Crippen LogP contribution in [-0.2, 0) is 16.0 Å². The normalized spacial score (nSPS) is 13.2. The molecule has 0 bridgehead atoms. The Hall–Kier alpha value is -1.70. The third-order valence-electron chi connectivity index (χ3n) is 5.31. The molecule has 0 amide bonds. The molecule has 2 heteroatoms. The van der Waals surface area contributed by atoms with Crippen LogP contribution in [0.4, 0.5) is 0 Å². The Kier molecular flexibility index (Phi) is 10.2. The summed E-state index contributed by atoms with van der Waals surface area (Å²) in [4.78, 5) is 24.7. The van der Waals surface area contributed by atoms with Gasteiger partial charge in [0.1, 0.15) is 11.6 Å². The molecular formula is C24H36O2. The summed E-state index contributed by atoms with van der Waals surface area (Å²) < 4.78 is 0. The minimum Gasteiger partial charge on any atom is -0.300 e. The van der Waals surface area contributed by atoms with Crippen LogP contribution in [0.5, 0.6) is 0 Å². The van der Waals surface area contributed by atoms with Crippen LogP contribution in [0.1, 0.15) is 82.8 Å². The number of carbonyl (C=O) groups is 2. The van der Waals surface area contributed by atoms with Crippen LogP contribution in [0, 0.1) is 12.3 Å². The quantitative estimate of drug-likeness (QED) is 0.361. The molecule has 2 nitrogen and oxygen atoms in total. The Morgan fingerprint density at radius 3 is 2.50 bits per heavy atom. The first-order valence-electron chi connectivity index (χ1n) is 10.2. The molecule has 1 unspecified atom stereocenters. The third kappa shape index (κ3) is 7.27. The molecule has 0 N–H and O–H groups in total. The molecule has 0 fully saturated rings. The lowest BCUT2D eigenvalue weighted by Gasteiger charge is -2.31. The standard InChI is InChI=1S/C24H36O2/c1-5-16-24(17-6-2,18-10-14-22(25)7-3)23(26)15-9-13-21-12-8-11-20(4)19-21/h5,8,11-12,19H,1,6-7,9-10,13-18H2,2-4H3. The van der Waals surface area contributed by atoms with E-state index in [1.165, 1.54) is 11.1 Å². The predicted molar refractivity (Wildman–Crippen MR) is 110 cm³/mol. The van der Waals surface area contributed by atoms with E-state index in [4.69, 9.17) is 0 Å². The van der Waals surface area contributed by atoms with Crippen LogP contribution in [0.25, 0.3) is 0 Å². The Balaban J connectivity index is 2.69. The zero-order valence-electron chi connectivity index (χ0n) is 17.0. The molecule has 0 radical (unpaired) electrons. The van der Waals surface area contributed by atoms with Crippen molar-refractivity contribution in [2.45, 2.75) is 85.0 Å². The second-order valence-corrected chi connectivity index (χ2v) is 7.53. The Bertz CT molecular complexity index is 588. The Labute approximate surface area is 160 Å². The fourth-order valence-electron chi connectivity index (χ4n) is 3.86. The van der Waals surface area contributed by atoms with Crippen LogP contribution >= 0.6 is 0 Å². The van der Waals surface area contributed by atoms with Crippen molar-refractivity contribution in [1.29, 1.82) is 0 Å². The third-order valence-corrected chi connectivity index (χ3v) is 5.31. The molecule has 0 aromatic heterocycles. The summed E-state index contributed by atoms with van der Waals surface area (Å²) >= 11 is 0. The summed E-state index contributed by atoms with van der Waals surface area (Å²) in [5.74, 6) is 0.650. The van der Waals surface area contributed by atoms with E-state index in [-0.39, 0.29) is 5.41 Å². The summed E-state index contributed by atoms with van der Waals surface area (Å²) in [5.41, 5.74) is 2.24. The van der Waals surface area contributed by atoms with Crippen molar-refractivity contribution < 1.29 is 9.59 Å². The molecule has 1 rings (SSSR count). The average Bonchev–Trinajstić information content (AvgIpc) is 2.61. The number of carbonyl (C=O) groups excluding carboxylic acids is 2. The molecule has 1 atom stereocenters. The Morgan fingerprint density at radius 1 is 1.12 bits per heavy atom. The largest absolute Gasteiger partial charge is 0.300 e. The van der Waals surface area contributed by atoms with Crippen molar-refractivity contribution in [3.05, 3.63) is 48.0 Å². The molecule has 0 aliphatic rings. The van der Waals surface area contributed by atoms with Gasteiger partial charge >= 0.3 is 0 Å². The molecule has 144 valence electrons. The lowest BCUT2D eigenvalue weighted by atomic mass is 9.71. The smallest absolute Gasteiger partial charge is 0.139 e. The van der Waals surface area contributed by atoms with E-state index in [2.05, 4.69) is 44.7 Å². The van der Waals surface area contributed by atoms with Crippen molar-refractivity contribution in [2.75, 3.05) is 0 Å². The maximum Gasteiger partial charge on any atom is 0.139 e. The van der Waals surface area contributed by atoms with Gasteiger partial charge in [-0.3, -0.25) is 9.59 Å². The van der Waals surface area contributed by atoms with E-state index < -0.39 is 0 Å². The van der Waals surface area contributed by atoms with Crippen LogP contribution in [0.2, 0.25) is 0 Å². The molecule has 26 heavy (non-hydrogen) atoms. The number of Topliss-reactive ketones (excluding diaryl/α,β-unsaturated/α-hetero) is 2. The molecule has 0 aliphatic carbocycles. The minimum atomic E-state index is -0.322. The van der Waals surface area contributed by atoms with E-state index in [1.54, 1.807) is 0 Å². The molecule has 0 heterocycles. The summed E-state index contributed by atoms with van der Waals surface area (Å²) in [7, 11) is 0. The van der Waals surface area contributed by atoms with Gasteiger partial charge < -0.3 is 0 Å². The molecule has 1 aromatic carbocycles. The monoisotopic (exact) mass is 356 g/mol. The van der Waals surface area contributed by atoms with E-state index in [0.29, 0.717) is 30.8 Å². The topological polar surface area (TPSA) is 34.1 Å². The number of rotatable bonds is 14. The number of allylic oxidation sites excluding steroid dienone is 1. The predicted octanol–water partition coefficient (Wildman–Crippen LogP) is 6.40. The lowest BCUT2D eigenvalue weighted by Crippen LogP contribution is -2.31. The van der Waals surface area contributed by atoms with Gasteiger partial charge in [0.25, 0.3) is 0 Å². The highest BCUT2D eigenvalue weighted by Gasteiger charge is 2.34.